The topological polar surface area (TPSA) is 56.0 Å². The van der Waals surface area contributed by atoms with Crippen molar-refractivity contribution < 1.29 is 9.50 Å². The van der Waals surface area contributed by atoms with Crippen molar-refractivity contribution in [2.75, 3.05) is 6.61 Å². The number of nitriles is 1. The highest BCUT2D eigenvalue weighted by Crippen LogP contribution is 2.32. The van der Waals surface area contributed by atoms with Crippen molar-refractivity contribution in [3.63, 3.8) is 0 Å². The normalized spacial score (nSPS) is 20.3. The predicted molar refractivity (Wildman–Crippen MR) is 82.1 cm³/mol. The smallest absolute Gasteiger partial charge is 0.125 e. The quantitative estimate of drug-likeness (QED) is 0.895. The molecule has 1 aliphatic heterocycles. The van der Waals surface area contributed by atoms with Gasteiger partial charge >= 0.3 is 0 Å². The third kappa shape index (κ3) is 2.84. The molecule has 2 aromatic carbocycles. The summed E-state index contributed by atoms with van der Waals surface area (Å²) in [5, 5.41) is 22.2. The lowest BCUT2D eigenvalue weighted by Crippen LogP contribution is -2.42. The van der Waals surface area contributed by atoms with E-state index in [2.05, 4.69) is 11.4 Å². The molecule has 2 atom stereocenters. The van der Waals surface area contributed by atoms with E-state index in [4.69, 9.17) is 16.9 Å². The van der Waals surface area contributed by atoms with Crippen LogP contribution in [0, 0.1) is 17.1 Å². The Bertz CT molecular complexity index is 737. The molecule has 0 bridgehead atoms. The van der Waals surface area contributed by atoms with Gasteiger partial charge in [-0.2, -0.15) is 5.26 Å². The molecule has 1 heterocycles. The maximum absolute atomic E-state index is 13.7. The van der Waals surface area contributed by atoms with Crippen LogP contribution in [0.25, 0.3) is 0 Å². The van der Waals surface area contributed by atoms with Gasteiger partial charge in [0.2, 0.25) is 0 Å². The summed E-state index contributed by atoms with van der Waals surface area (Å²) < 4.78 is 13.7. The summed E-state index contributed by atoms with van der Waals surface area (Å²) in [5.74, 6) is -0.398. The SMILES string of the molecule is N#Cc1ccc2c(c1)C[C@@H](CO)N[C@H]2c1cc(F)cc(Cl)c1. The largest absolute Gasteiger partial charge is 0.395 e. The van der Waals surface area contributed by atoms with Gasteiger partial charge in [-0.3, -0.25) is 0 Å². The van der Waals surface area contributed by atoms with Crippen LogP contribution < -0.4 is 5.32 Å². The van der Waals surface area contributed by atoms with Gasteiger partial charge in [0.25, 0.3) is 0 Å². The first-order chi connectivity index (χ1) is 10.6. The Balaban J connectivity index is 2.10. The molecular weight excluding hydrogens is 303 g/mol. The first-order valence-electron chi connectivity index (χ1n) is 6.96. The fourth-order valence-corrected chi connectivity index (χ4v) is 3.15. The summed E-state index contributed by atoms with van der Waals surface area (Å²) in [4.78, 5) is 0. The maximum atomic E-state index is 13.7. The number of aliphatic hydroxyl groups excluding tert-OH is 1. The van der Waals surface area contributed by atoms with Crippen molar-refractivity contribution in [3.8, 4) is 6.07 Å². The van der Waals surface area contributed by atoms with Gasteiger partial charge in [-0.05, 0) is 53.4 Å². The first-order valence-corrected chi connectivity index (χ1v) is 7.34. The van der Waals surface area contributed by atoms with Crippen LogP contribution in [0.3, 0.4) is 0 Å². The summed E-state index contributed by atoms with van der Waals surface area (Å²) in [6.07, 6.45) is 0.626. The molecule has 112 valence electrons. The average molecular weight is 317 g/mol. The summed E-state index contributed by atoms with van der Waals surface area (Å²) in [7, 11) is 0. The third-order valence-electron chi connectivity index (χ3n) is 3.89. The molecule has 22 heavy (non-hydrogen) atoms. The van der Waals surface area contributed by atoms with Crippen molar-refractivity contribution in [3.05, 3.63) is 69.5 Å². The molecule has 0 radical (unpaired) electrons. The highest BCUT2D eigenvalue weighted by Gasteiger charge is 2.27. The highest BCUT2D eigenvalue weighted by atomic mass is 35.5. The van der Waals surface area contributed by atoms with Crippen LogP contribution in [0.15, 0.2) is 36.4 Å². The van der Waals surface area contributed by atoms with E-state index in [1.54, 1.807) is 12.1 Å². The predicted octanol–water partition coefficient (Wildman–Crippen LogP) is 2.95. The lowest BCUT2D eigenvalue weighted by molar-refractivity contribution is 0.229. The lowest BCUT2D eigenvalue weighted by atomic mass is 9.86. The van der Waals surface area contributed by atoms with Gasteiger partial charge < -0.3 is 10.4 Å². The summed E-state index contributed by atoms with van der Waals surface area (Å²) in [6.45, 7) is -0.0320. The summed E-state index contributed by atoms with van der Waals surface area (Å²) >= 11 is 5.95. The molecule has 0 spiro atoms. The molecule has 0 amide bonds. The molecular formula is C17H14ClFN2O. The van der Waals surface area contributed by atoms with E-state index in [1.807, 2.05) is 12.1 Å². The van der Waals surface area contributed by atoms with Crippen molar-refractivity contribution in [2.24, 2.45) is 0 Å². The Morgan fingerprint density at radius 3 is 2.82 bits per heavy atom. The number of aliphatic hydroxyl groups is 1. The number of benzene rings is 2. The number of rotatable bonds is 2. The monoisotopic (exact) mass is 316 g/mol. The van der Waals surface area contributed by atoms with E-state index in [1.165, 1.54) is 12.1 Å². The van der Waals surface area contributed by atoms with Crippen LogP contribution in [0.4, 0.5) is 4.39 Å². The van der Waals surface area contributed by atoms with Crippen LogP contribution in [0.5, 0.6) is 0 Å². The molecule has 1 aliphatic rings. The fourth-order valence-electron chi connectivity index (χ4n) is 2.92. The molecule has 2 N–H and O–H groups in total. The molecule has 0 unspecified atom stereocenters. The Hall–Kier alpha value is -1.93. The second-order valence-electron chi connectivity index (χ2n) is 5.41. The Morgan fingerprint density at radius 1 is 1.32 bits per heavy atom. The van der Waals surface area contributed by atoms with Gasteiger partial charge in [0.05, 0.1) is 24.3 Å². The minimum absolute atomic E-state index is 0.0320. The molecule has 3 rings (SSSR count). The van der Waals surface area contributed by atoms with E-state index < -0.39 is 5.82 Å². The molecule has 0 saturated heterocycles. The van der Waals surface area contributed by atoms with Crippen LogP contribution >= 0.6 is 11.6 Å². The number of nitrogens with one attached hydrogen (secondary N) is 1. The molecule has 0 aliphatic carbocycles. The van der Waals surface area contributed by atoms with Crippen molar-refractivity contribution >= 4 is 11.6 Å². The molecule has 0 fully saturated rings. The zero-order valence-corrected chi connectivity index (χ0v) is 12.4. The van der Waals surface area contributed by atoms with Crippen LogP contribution in [-0.2, 0) is 6.42 Å². The Kier molecular flexibility index (Phi) is 4.12. The van der Waals surface area contributed by atoms with Gasteiger partial charge in [0.1, 0.15) is 5.82 Å². The highest BCUT2D eigenvalue weighted by molar-refractivity contribution is 6.30. The molecule has 5 heteroatoms. The third-order valence-corrected chi connectivity index (χ3v) is 4.11. The second-order valence-corrected chi connectivity index (χ2v) is 5.85. The minimum Gasteiger partial charge on any atom is -0.395 e. The van der Waals surface area contributed by atoms with E-state index in [0.717, 1.165) is 11.1 Å². The van der Waals surface area contributed by atoms with Crippen molar-refractivity contribution in [1.82, 2.24) is 5.32 Å². The molecule has 0 saturated carbocycles. The average Bonchev–Trinajstić information content (AvgIpc) is 2.52. The molecule has 2 aromatic rings. The van der Waals surface area contributed by atoms with Gasteiger partial charge in [-0.15, -0.1) is 0 Å². The zero-order valence-electron chi connectivity index (χ0n) is 11.7. The Labute approximate surface area is 133 Å². The van der Waals surface area contributed by atoms with Gasteiger partial charge in [-0.1, -0.05) is 17.7 Å². The second kappa shape index (κ2) is 6.05. The maximum Gasteiger partial charge on any atom is 0.125 e. The Morgan fingerprint density at radius 2 is 2.14 bits per heavy atom. The van der Waals surface area contributed by atoms with Crippen molar-refractivity contribution in [2.45, 2.75) is 18.5 Å². The van der Waals surface area contributed by atoms with Crippen LogP contribution in [-0.4, -0.2) is 17.8 Å². The van der Waals surface area contributed by atoms with Gasteiger partial charge in [0, 0.05) is 11.1 Å². The van der Waals surface area contributed by atoms with E-state index in [9.17, 15) is 9.50 Å². The van der Waals surface area contributed by atoms with Crippen LogP contribution in [0.2, 0.25) is 5.02 Å². The molecule has 3 nitrogen and oxygen atoms in total. The number of hydrogen-bond acceptors (Lipinski definition) is 3. The molecule has 0 aromatic heterocycles. The lowest BCUT2D eigenvalue weighted by Gasteiger charge is -2.33. The fraction of sp³-hybridized carbons (Fsp3) is 0.235. The zero-order chi connectivity index (χ0) is 15.7. The number of nitrogens with zero attached hydrogens (tertiary/aromatic N) is 1. The summed E-state index contributed by atoms with van der Waals surface area (Å²) in [6, 6.07) is 11.6. The van der Waals surface area contributed by atoms with Crippen molar-refractivity contribution in [1.29, 1.82) is 5.26 Å². The van der Waals surface area contributed by atoms with E-state index >= 15 is 0 Å². The minimum atomic E-state index is -0.398. The van der Waals surface area contributed by atoms with Gasteiger partial charge in [0.15, 0.2) is 0 Å². The number of halogens is 2. The van der Waals surface area contributed by atoms with E-state index in [0.29, 0.717) is 22.6 Å². The number of fused-ring (bicyclic) bond motifs is 1. The summed E-state index contributed by atoms with van der Waals surface area (Å²) in [5.41, 5.74) is 3.25. The number of hydrogen-bond donors (Lipinski definition) is 2. The first kappa shape index (κ1) is 15.0. The standard InChI is InChI=1S/C17H14ClFN2O/c18-13-4-12(5-14(19)7-13)17-16-2-1-10(8-20)3-11(16)6-15(9-22)21-17/h1-5,7,15,17,21-22H,6,9H2/t15-,17-/m0/s1. The van der Waals surface area contributed by atoms with E-state index in [-0.39, 0.29) is 18.7 Å². The van der Waals surface area contributed by atoms with Crippen LogP contribution in [0.1, 0.15) is 28.3 Å². The van der Waals surface area contributed by atoms with Gasteiger partial charge in [-0.25, -0.2) is 4.39 Å².